The Labute approximate surface area is 152 Å². The van der Waals surface area contributed by atoms with Crippen LogP contribution in [0.1, 0.15) is 15.9 Å². The number of anilines is 3. The first-order chi connectivity index (χ1) is 12.4. The molecule has 1 aromatic heterocycles. The van der Waals surface area contributed by atoms with Gasteiger partial charge in [0.2, 0.25) is 0 Å². The van der Waals surface area contributed by atoms with Crippen LogP contribution in [0.15, 0.2) is 24.3 Å². The zero-order valence-corrected chi connectivity index (χ0v) is 15.2. The lowest BCUT2D eigenvalue weighted by Gasteiger charge is -2.26. The molecule has 2 aromatic rings. The van der Waals surface area contributed by atoms with Crippen LogP contribution in [0.25, 0.3) is 0 Å². The molecule has 2 aliphatic heterocycles. The van der Waals surface area contributed by atoms with E-state index in [0.29, 0.717) is 5.82 Å². The van der Waals surface area contributed by atoms with Crippen molar-refractivity contribution < 1.29 is 9.59 Å². The molecule has 0 saturated carbocycles. The predicted octanol–water partition coefficient (Wildman–Crippen LogP) is 1.76. The van der Waals surface area contributed by atoms with Gasteiger partial charge in [0.25, 0.3) is 5.91 Å². The van der Waals surface area contributed by atoms with Crippen LogP contribution in [0.2, 0.25) is 0 Å². The molecule has 0 bridgehead atoms. The normalized spacial score (nSPS) is 15.7. The maximum atomic E-state index is 12.3. The fourth-order valence-electron chi connectivity index (χ4n) is 3.40. The lowest BCUT2D eigenvalue weighted by molar-refractivity contribution is 0.0781. The number of amides is 3. The molecule has 3 amide bonds. The average Bonchev–Trinajstić information content (AvgIpc) is 3.17. The van der Waals surface area contributed by atoms with E-state index in [1.54, 1.807) is 19.0 Å². The molecule has 0 fully saturated rings. The van der Waals surface area contributed by atoms with Crippen LogP contribution in [0, 0.1) is 0 Å². The number of carbonyl (C=O) groups is 2. The first-order valence-electron chi connectivity index (χ1n) is 8.66. The van der Waals surface area contributed by atoms with Crippen LogP contribution in [0.3, 0.4) is 0 Å². The number of urea groups is 1. The van der Waals surface area contributed by atoms with Gasteiger partial charge in [0, 0.05) is 51.5 Å². The van der Waals surface area contributed by atoms with Gasteiger partial charge in [0.1, 0.15) is 5.82 Å². The quantitative estimate of drug-likeness (QED) is 0.892. The number of fused-ring (bicyclic) bond motifs is 2. The Hall–Kier alpha value is -3.03. The molecule has 8 nitrogen and oxygen atoms in total. The highest BCUT2D eigenvalue weighted by Gasteiger charge is 2.26. The van der Waals surface area contributed by atoms with E-state index in [1.807, 2.05) is 29.9 Å². The van der Waals surface area contributed by atoms with Crippen molar-refractivity contribution in [2.45, 2.75) is 13.0 Å². The minimum absolute atomic E-state index is 0.0814. The van der Waals surface area contributed by atoms with Gasteiger partial charge >= 0.3 is 6.03 Å². The van der Waals surface area contributed by atoms with E-state index >= 15 is 0 Å². The van der Waals surface area contributed by atoms with Gasteiger partial charge in [-0.05, 0) is 30.2 Å². The number of carbonyl (C=O) groups excluding carboxylic acids is 2. The van der Waals surface area contributed by atoms with E-state index in [1.165, 1.54) is 4.90 Å². The van der Waals surface area contributed by atoms with Gasteiger partial charge in [-0.15, -0.1) is 0 Å². The number of nitrogens with one attached hydrogen (secondary N) is 1. The third kappa shape index (κ3) is 2.67. The molecule has 8 heteroatoms. The lowest BCUT2D eigenvalue weighted by atomic mass is 9.98. The molecule has 3 heterocycles. The predicted molar refractivity (Wildman–Crippen MR) is 99.0 cm³/mol. The van der Waals surface area contributed by atoms with Gasteiger partial charge in [-0.2, -0.15) is 5.10 Å². The summed E-state index contributed by atoms with van der Waals surface area (Å²) in [4.78, 5) is 29.5. The van der Waals surface area contributed by atoms with E-state index in [2.05, 4.69) is 21.4 Å². The van der Waals surface area contributed by atoms with Crippen LogP contribution in [0.4, 0.5) is 22.1 Å². The van der Waals surface area contributed by atoms with Crippen molar-refractivity contribution in [3.05, 3.63) is 35.4 Å². The molecule has 136 valence electrons. The second-order valence-electron chi connectivity index (χ2n) is 6.91. The minimum atomic E-state index is -0.204. The summed E-state index contributed by atoms with van der Waals surface area (Å²) in [5, 5.41) is 7.24. The van der Waals surface area contributed by atoms with Crippen LogP contribution in [-0.2, 0) is 13.0 Å². The number of rotatable bonds is 2. The summed E-state index contributed by atoms with van der Waals surface area (Å²) < 4.78 is 1.89. The molecular weight excluding hydrogens is 332 g/mol. The Balaban J connectivity index is 1.61. The van der Waals surface area contributed by atoms with Gasteiger partial charge in [0.15, 0.2) is 5.82 Å². The summed E-state index contributed by atoms with van der Waals surface area (Å²) in [6.45, 7) is 2.32. The third-order valence-electron chi connectivity index (χ3n) is 4.91. The molecule has 26 heavy (non-hydrogen) atoms. The number of hydrogen-bond donors (Lipinski definition) is 1. The van der Waals surface area contributed by atoms with E-state index in [9.17, 15) is 9.59 Å². The van der Waals surface area contributed by atoms with Crippen LogP contribution in [-0.4, -0.2) is 65.8 Å². The highest BCUT2D eigenvalue weighted by molar-refractivity contribution is 5.97. The monoisotopic (exact) mass is 354 g/mol. The van der Waals surface area contributed by atoms with E-state index in [4.69, 9.17) is 0 Å². The Morgan fingerprint density at radius 2 is 2.00 bits per heavy atom. The fourth-order valence-corrected chi connectivity index (χ4v) is 3.40. The largest absolute Gasteiger partial charge is 0.341 e. The number of aromatic nitrogens is 2. The molecule has 4 rings (SSSR count). The molecule has 0 spiro atoms. The maximum Gasteiger partial charge on any atom is 0.322 e. The second kappa shape index (κ2) is 6.05. The van der Waals surface area contributed by atoms with Crippen LogP contribution in [0.5, 0.6) is 0 Å². The zero-order chi connectivity index (χ0) is 18.4. The summed E-state index contributed by atoms with van der Waals surface area (Å²) in [7, 11) is 5.22. The molecule has 1 aromatic carbocycles. The molecule has 0 unspecified atom stereocenters. The van der Waals surface area contributed by atoms with Gasteiger partial charge in [-0.1, -0.05) is 0 Å². The highest BCUT2D eigenvalue weighted by atomic mass is 16.2. The Bertz CT molecular complexity index is 888. The molecule has 0 aliphatic carbocycles. The summed E-state index contributed by atoms with van der Waals surface area (Å²) in [5.74, 6) is 1.56. The molecular formula is C18H22N6O2. The maximum absolute atomic E-state index is 12.3. The van der Waals surface area contributed by atoms with Crippen LogP contribution < -0.4 is 10.2 Å². The Kier molecular flexibility index (Phi) is 3.82. The van der Waals surface area contributed by atoms with Crippen molar-refractivity contribution in [3.63, 3.8) is 0 Å². The lowest BCUT2D eigenvalue weighted by Crippen LogP contribution is -2.34. The summed E-state index contributed by atoms with van der Waals surface area (Å²) >= 11 is 0. The van der Waals surface area contributed by atoms with Gasteiger partial charge in [0.05, 0.1) is 6.54 Å². The Morgan fingerprint density at radius 1 is 1.19 bits per heavy atom. The van der Waals surface area contributed by atoms with Crippen molar-refractivity contribution in [3.8, 4) is 0 Å². The van der Waals surface area contributed by atoms with Crippen molar-refractivity contribution >= 4 is 29.3 Å². The Morgan fingerprint density at radius 3 is 2.77 bits per heavy atom. The number of hydrogen-bond acceptors (Lipinski definition) is 4. The topological polar surface area (TPSA) is 73.7 Å². The molecule has 0 saturated heterocycles. The number of benzene rings is 1. The van der Waals surface area contributed by atoms with Crippen molar-refractivity contribution in [1.29, 1.82) is 0 Å². The standard InChI is InChI=1S/C18H22N6O2/c1-21(2)18(26)19-15-11-16-23(8-9-24(16)20-15)13-4-5-14-12(10-13)6-7-22(3)17(14)25/h4-5,10-11H,6-9H2,1-3H3,(H,19,20,26). The second-order valence-corrected chi connectivity index (χ2v) is 6.91. The average molecular weight is 354 g/mol. The van der Waals surface area contributed by atoms with Crippen molar-refractivity contribution in [2.75, 3.05) is 44.4 Å². The minimum Gasteiger partial charge on any atom is -0.341 e. The van der Waals surface area contributed by atoms with Gasteiger partial charge in [-0.3, -0.25) is 10.1 Å². The van der Waals surface area contributed by atoms with E-state index in [-0.39, 0.29) is 11.9 Å². The number of nitrogens with zero attached hydrogens (tertiary/aromatic N) is 5. The van der Waals surface area contributed by atoms with E-state index in [0.717, 1.165) is 48.7 Å². The number of likely N-dealkylation sites (N-methyl/N-ethyl adjacent to an activating group) is 1. The molecule has 2 aliphatic rings. The van der Waals surface area contributed by atoms with Crippen molar-refractivity contribution in [2.24, 2.45) is 0 Å². The molecule has 0 radical (unpaired) electrons. The molecule has 0 atom stereocenters. The van der Waals surface area contributed by atoms with E-state index < -0.39 is 0 Å². The summed E-state index contributed by atoms with van der Waals surface area (Å²) in [5.41, 5.74) is 2.92. The summed E-state index contributed by atoms with van der Waals surface area (Å²) in [6, 6.07) is 7.67. The first-order valence-corrected chi connectivity index (χ1v) is 8.66. The van der Waals surface area contributed by atoms with Crippen LogP contribution >= 0.6 is 0 Å². The van der Waals surface area contributed by atoms with Gasteiger partial charge < -0.3 is 14.7 Å². The van der Waals surface area contributed by atoms with Crippen molar-refractivity contribution in [1.82, 2.24) is 19.6 Å². The first kappa shape index (κ1) is 16.4. The fraction of sp³-hybridized carbons (Fsp3) is 0.389. The highest BCUT2D eigenvalue weighted by Crippen LogP contribution is 2.34. The van der Waals surface area contributed by atoms with Gasteiger partial charge in [-0.25, -0.2) is 9.48 Å². The molecule has 1 N–H and O–H groups in total. The zero-order valence-electron chi connectivity index (χ0n) is 15.2. The third-order valence-corrected chi connectivity index (χ3v) is 4.91. The SMILES string of the molecule is CN(C)C(=O)Nc1cc2n(n1)CCN2c1ccc2c(c1)CCN(C)C2=O. The summed E-state index contributed by atoms with van der Waals surface area (Å²) in [6.07, 6.45) is 0.864. The smallest absolute Gasteiger partial charge is 0.322 e.